The average Bonchev–Trinajstić information content (AvgIpc) is 1.93. The zero-order valence-electron chi connectivity index (χ0n) is 6.66. The summed E-state index contributed by atoms with van der Waals surface area (Å²) in [5.74, 6) is 0. The van der Waals surface area contributed by atoms with E-state index in [1.165, 1.54) is 6.42 Å². The number of halogens is 1. The molecule has 1 aliphatic rings. The van der Waals surface area contributed by atoms with E-state index < -0.39 is 0 Å². The van der Waals surface area contributed by atoms with Crippen LogP contribution in [0.4, 0.5) is 0 Å². The fourth-order valence-corrected chi connectivity index (χ4v) is 1.78. The van der Waals surface area contributed by atoms with E-state index in [1.807, 2.05) is 10.8 Å². The van der Waals surface area contributed by atoms with Gasteiger partial charge in [-0.2, -0.15) is 0 Å². The smallest absolute Gasteiger partial charge is 0.250 e. The highest BCUT2D eigenvalue weighted by molar-refractivity contribution is 9.10. The molecule has 1 aromatic heterocycles. The first kappa shape index (κ1) is 8.05. The van der Waals surface area contributed by atoms with Gasteiger partial charge in [-0.25, -0.2) is 0 Å². The molecule has 64 valence electrons. The third kappa shape index (κ3) is 1.33. The zero-order chi connectivity index (χ0) is 8.55. The number of aromatic nitrogens is 1. The lowest BCUT2D eigenvalue weighted by Gasteiger charge is -2.27. The molecule has 0 spiro atoms. The van der Waals surface area contributed by atoms with Gasteiger partial charge in [0.1, 0.15) is 0 Å². The molecule has 0 aliphatic heterocycles. The maximum absolute atomic E-state index is 11.3. The van der Waals surface area contributed by atoms with Gasteiger partial charge >= 0.3 is 0 Å². The van der Waals surface area contributed by atoms with Gasteiger partial charge in [0.2, 0.25) is 0 Å². The van der Waals surface area contributed by atoms with E-state index in [0.717, 1.165) is 17.3 Å². The van der Waals surface area contributed by atoms with Crippen LogP contribution in [-0.4, -0.2) is 4.57 Å². The molecule has 0 atom stereocenters. The third-order valence-electron chi connectivity index (χ3n) is 2.37. The third-order valence-corrected chi connectivity index (χ3v) is 2.84. The summed E-state index contributed by atoms with van der Waals surface area (Å²) in [5.41, 5.74) is 0.114. The zero-order valence-corrected chi connectivity index (χ0v) is 8.25. The van der Waals surface area contributed by atoms with E-state index in [9.17, 15) is 4.79 Å². The minimum Gasteiger partial charge on any atom is -0.311 e. The highest BCUT2D eigenvalue weighted by atomic mass is 79.9. The Hall–Kier alpha value is -0.570. The van der Waals surface area contributed by atoms with Crippen molar-refractivity contribution in [3.05, 3.63) is 33.2 Å². The maximum atomic E-state index is 11.3. The summed E-state index contributed by atoms with van der Waals surface area (Å²) in [6, 6.07) is 3.86. The highest BCUT2D eigenvalue weighted by Crippen LogP contribution is 2.30. The van der Waals surface area contributed by atoms with Gasteiger partial charge in [0.05, 0.1) is 0 Å². The van der Waals surface area contributed by atoms with Crippen molar-refractivity contribution in [1.29, 1.82) is 0 Å². The molecule has 0 saturated heterocycles. The second-order valence-electron chi connectivity index (χ2n) is 3.18. The molecule has 0 bridgehead atoms. The topological polar surface area (TPSA) is 22.0 Å². The summed E-state index contributed by atoms with van der Waals surface area (Å²) in [4.78, 5) is 11.3. The van der Waals surface area contributed by atoms with Gasteiger partial charge in [-0.05, 0) is 41.3 Å². The van der Waals surface area contributed by atoms with Gasteiger partial charge in [0.15, 0.2) is 0 Å². The van der Waals surface area contributed by atoms with Crippen molar-refractivity contribution >= 4 is 15.9 Å². The molecule has 0 amide bonds. The summed E-state index contributed by atoms with van der Waals surface area (Å²) >= 11 is 3.36. The fraction of sp³-hybridized carbons (Fsp3) is 0.444. The van der Waals surface area contributed by atoms with Crippen LogP contribution in [0, 0.1) is 0 Å². The summed E-state index contributed by atoms with van der Waals surface area (Å²) in [5, 5.41) is 0. The number of hydrogen-bond donors (Lipinski definition) is 0. The van der Waals surface area contributed by atoms with Crippen LogP contribution in [0.15, 0.2) is 27.6 Å². The van der Waals surface area contributed by atoms with Gasteiger partial charge < -0.3 is 4.57 Å². The molecule has 12 heavy (non-hydrogen) atoms. The van der Waals surface area contributed by atoms with Crippen LogP contribution in [0.2, 0.25) is 0 Å². The van der Waals surface area contributed by atoms with E-state index in [0.29, 0.717) is 6.04 Å². The molecule has 1 aliphatic carbocycles. The lowest BCUT2D eigenvalue weighted by molar-refractivity contribution is 0.306. The minimum atomic E-state index is 0.114. The Bertz CT molecular complexity index is 341. The molecule has 0 unspecified atom stereocenters. The predicted molar refractivity (Wildman–Crippen MR) is 51.3 cm³/mol. The molecule has 0 aromatic carbocycles. The maximum Gasteiger partial charge on any atom is 0.250 e. The quantitative estimate of drug-likeness (QED) is 0.723. The van der Waals surface area contributed by atoms with Crippen LogP contribution in [0.25, 0.3) is 0 Å². The Kier molecular flexibility index (Phi) is 2.05. The Labute approximate surface area is 79.3 Å². The van der Waals surface area contributed by atoms with Crippen molar-refractivity contribution in [2.24, 2.45) is 0 Å². The SMILES string of the molecule is O=c1ccc(Br)cn1C1CCC1. The molecular weight excluding hydrogens is 218 g/mol. The van der Waals surface area contributed by atoms with Crippen LogP contribution in [-0.2, 0) is 0 Å². The van der Waals surface area contributed by atoms with Crippen molar-refractivity contribution < 1.29 is 0 Å². The lowest BCUT2D eigenvalue weighted by atomic mass is 9.93. The standard InChI is InChI=1S/C9H10BrNO/c10-7-4-5-9(12)11(6-7)8-2-1-3-8/h4-6,8H,1-3H2. The van der Waals surface area contributed by atoms with Crippen LogP contribution < -0.4 is 5.56 Å². The summed E-state index contributed by atoms with van der Waals surface area (Å²) in [7, 11) is 0. The lowest BCUT2D eigenvalue weighted by Crippen LogP contribution is -2.27. The molecule has 1 fully saturated rings. The van der Waals surface area contributed by atoms with Crippen LogP contribution >= 0.6 is 15.9 Å². The van der Waals surface area contributed by atoms with E-state index in [4.69, 9.17) is 0 Å². The Morgan fingerprint density at radius 3 is 2.75 bits per heavy atom. The Balaban J connectivity index is 2.40. The van der Waals surface area contributed by atoms with Crippen LogP contribution in [0.1, 0.15) is 25.3 Å². The molecule has 3 heteroatoms. The molecule has 1 aromatic rings. The average molecular weight is 228 g/mol. The van der Waals surface area contributed by atoms with Gasteiger partial charge in [0, 0.05) is 22.8 Å². The van der Waals surface area contributed by atoms with Gasteiger partial charge in [-0.15, -0.1) is 0 Å². The molecule has 0 N–H and O–H groups in total. The number of hydrogen-bond acceptors (Lipinski definition) is 1. The van der Waals surface area contributed by atoms with Crippen molar-refractivity contribution in [1.82, 2.24) is 4.57 Å². The van der Waals surface area contributed by atoms with Gasteiger partial charge in [-0.1, -0.05) is 0 Å². The number of nitrogens with zero attached hydrogens (tertiary/aromatic N) is 1. The minimum absolute atomic E-state index is 0.114. The molecule has 2 rings (SSSR count). The van der Waals surface area contributed by atoms with Crippen molar-refractivity contribution in [2.75, 3.05) is 0 Å². The largest absolute Gasteiger partial charge is 0.311 e. The molecule has 2 nitrogen and oxygen atoms in total. The van der Waals surface area contributed by atoms with Crippen molar-refractivity contribution in [3.8, 4) is 0 Å². The normalized spacial score (nSPS) is 17.4. The molecule has 1 saturated carbocycles. The second kappa shape index (κ2) is 3.05. The van der Waals surface area contributed by atoms with Crippen molar-refractivity contribution in [3.63, 3.8) is 0 Å². The fourth-order valence-electron chi connectivity index (χ4n) is 1.43. The first-order valence-corrected chi connectivity index (χ1v) is 4.94. The van der Waals surface area contributed by atoms with E-state index in [2.05, 4.69) is 15.9 Å². The van der Waals surface area contributed by atoms with E-state index in [1.54, 1.807) is 12.1 Å². The summed E-state index contributed by atoms with van der Waals surface area (Å²) in [6.07, 6.45) is 5.43. The highest BCUT2D eigenvalue weighted by Gasteiger charge is 2.19. The molecular formula is C9H10BrNO. The monoisotopic (exact) mass is 227 g/mol. The van der Waals surface area contributed by atoms with Crippen LogP contribution in [0.3, 0.4) is 0 Å². The van der Waals surface area contributed by atoms with Gasteiger partial charge in [0.25, 0.3) is 5.56 Å². The molecule has 1 heterocycles. The second-order valence-corrected chi connectivity index (χ2v) is 4.09. The van der Waals surface area contributed by atoms with E-state index in [-0.39, 0.29) is 5.56 Å². The number of rotatable bonds is 1. The predicted octanol–water partition coefficient (Wildman–Crippen LogP) is 2.34. The number of pyridine rings is 1. The summed E-state index contributed by atoms with van der Waals surface area (Å²) < 4.78 is 2.81. The van der Waals surface area contributed by atoms with E-state index >= 15 is 0 Å². The molecule has 0 radical (unpaired) electrons. The Morgan fingerprint density at radius 2 is 2.17 bits per heavy atom. The summed E-state index contributed by atoms with van der Waals surface area (Å²) in [6.45, 7) is 0. The van der Waals surface area contributed by atoms with Crippen LogP contribution in [0.5, 0.6) is 0 Å². The first-order chi connectivity index (χ1) is 5.77. The van der Waals surface area contributed by atoms with Crippen molar-refractivity contribution in [2.45, 2.75) is 25.3 Å². The van der Waals surface area contributed by atoms with Gasteiger partial charge in [-0.3, -0.25) is 4.79 Å². The first-order valence-electron chi connectivity index (χ1n) is 4.15. The Morgan fingerprint density at radius 1 is 1.42 bits per heavy atom.